The van der Waals surface area contributed by atoms with Gasteiger partial charge in [-0.25, -0.2) is 4.79 Å². The van der Waals surface area contributed by atoms with Crippen molar-refractivity contribution in [1.29, 1.82) is 0 Å². The molecule has 12 heavy (non-hydrogen) atoms. The number of aliphatic hydroxyl groups is 1. The lowest BCUT2D eigenvalue weighted by Crippen LogP contribution is -2.44. The first-order chi connectivity index (χ1) is 5.52. The van der Waals surface area contributed by atoms with Gasteiger partial charge in [-0.15, -0.1) is 0 Å². The third-order valence-corrected chi connectivity index (χ3v) is 1.52. The normalized spacial score (nSPS) is 26.7. The molecule has 2 atom stereocenters. The van der Waals surface area contributed by atoms with Crippen molar-refractivity contribution < 1.29 is 19.4 Å². The van der Waals surface area contributed by atoms with Crippen molar-refractivity contribution in [2.45, 2.75) is 18.8 Å². The zero-order valence-electron chi connectivity index (χ0n) is 6.69. The van der Waals surface area contributed by atoms with Gasteiger partial charge in [-0.2, -0.15) is 0 Å². The molecule has 1 amide bonds. The van der Waals surface area contributed by atoms with Crippen molar-refractivity contribution in [3.63, 3.8) is 0 Å². The van der Waals surface area contributed by atoms with E-state index in [1.54, 1.807) is 12.2 Å². The summed E-state index contributed by atoms with van der Waals surface area (Å²) in [4.78, 5) is 10.3. The number of primary amides is 1. The van der Waals surface area contributed by atoms with Crippen LogP contribution in [0.3, 0.4) is 0 Å². The molecule has 1 aliphatic heterocycles. The van der Waals surface area contributed by atoms with Crippen molar-refractivity contribution in [1.82, 2.24) is 0 Å². The molecule has 1 aliphatic rings. The van der Waals surface area contributed by atoms with E-state index in [0.29, 0.717) is 6.61 Å². The lowest BCUT2D eigenvalue weighted by Gasteiger charge is -2.26. The van der Waals surface area contributed by atoms with E-state index in [-0.39, 0.29) is 0 Å². The first-order valence-corrected chi connectivity index (χ1v) is 3.51. The average molecular weight is 173 g/mol. The van der Waals surface area contributed by atoms with Crippen LogP contribution < -0.4 is 5.73 Å². The fourth-order valence-corrected chi connectivity index (χ4v) is 0.989. The third kappa shape index (κ3) is 1.96. The van der Waals surface area contributed by atoms with Crippen molar-refractivity contribution in [2.24, 2.45) is 5.73 Å². The number of carbonyl (C=O) groups excluding carboxylic acids is 1. The first kappa shape index (κ1) is 9.02. The zero-order chi connectivity index (χ0) is 9.19. The molecular formula is C7H11NO4. The fourth-order valence-electron chi connectivity index (χ4n) is 0.989. The quantitative estimate of drug-likeness (QED) is 0.445. The molecule has 1 unspecified atom stereocenters. The summed E-state index contributed by atoms with van der Waals surface area (Å²) in [7, 11) is 0. The molecule has 0 aromatic carbocycles. The van der Waals surface area contributed by atoms with Crippen LogP contribution in [0, 0.1) is 0 Å². The minimum absolute atomic E-state index is 0.406. The molecule has 1 rings (SSSR count). The second kappa shape index (κ2) is 3.12. The minimum Gasteiger partial charge on any atom is -0.414 e. The Morgan fingerprint density at radius 3 is 3.00 bits per heavy atom. The Morgan fingerprint density at radius 2 is 2.58 bits per heavy atom. The van der Waals surface area contributed by atoms with E-state index < -0.39 is 18.0 Å². The molecular weight excluding hydrogens is 162 g/mol. The zero-order valence-corrected chi connectivity index (χ0v) is 6.69. The molecule has 0 aromatic rings. The van der Waals surface area contributed by atoms with Gasteiger partial charge in [-0.05, 0) is 0 Å². The maximum Gasteiger partial charge on any atom is 0.407 e. The van der Waals surface area contributed by atoms with E-state index in [1.165, 1.54) is 6.92 Å². The van der Waals surface area contributed by atoms with Gasteiger partial charge in [0, 0.05) is 6.92 Å². The number of amides is 1. The summed E-state index contributed by atoms with van der Waals surface area (Å²) >= 11 is 0. The van der Waals surface area contributed by atoms with Gasteiger partial charge < -0.3 is 20.3 Å². The summed E-state index contributed by atoms with van der Waals surface area (Å²) in [6, 6.07) is 0. The second-order valence-corrected chi connectivity index (χ2v) is 2.66. The Kier molecular flexibility index (Phi) is 2.35. The lowest BCUT2D eigenvalue weighted by molar-refractivity contribution is -0.201. The van der Waals surface area contributed by atoms with Gasteiger partial charge in [0.25, 0.3) is 0 Å². The van der Waals surface area contributed by atoms with Crippen LogP contribution in [-0.2, 0) is 9.47 Å². The summed E-state index contributed by atoms with van der Waals surface area (Å²) in [5.41, 5.74) is 4.75. The second-order valence-electron chi connectivity index (χ2n) is 2.66. The molecule has 0 radical (unpaired) electrons. The minimum atomic E-state index is -1.68. The summed E-state index contributed by atoms with van der Waals surface area (Å²) in [6.45, 7) is 1.72. The highest BCUT2D eigenvalue weighted by molar-refractivity contribution is 5.65. The van der Waals surface area contributed by atoms with E-state index in [0.717, 1.165) is 0 Å². The molecule has 0 bridgehead atoms. The smallest absolute Gasteiger partial charge is 0.407 e. The van der Waals surface area contributed by atoms with E-state index >= 15 is 0 Å². The molecule has 0 fully saturated rings. The standard InChI is InChI=1S/C7H11NO4/c1-7(10,12-6(8)9)5-3-2-4-11-5/h2-3,5,10H,4H2,1H3,(H2,8,9)/t5?,7-/m0/s1. The van der Waals surface area contributed by atoms with Gasteiger partial charge in [0.1, 0.15) is 6.10 Å². The van der Waals surface area contributed by atoms with Crippen LogP contribution in [-0.4, -0.2) is 29.7 Å². The highest BCUT2D eigenvalue weighted by atomic mass is 16.7. The van der Waals surface area contributed by atoms with Crippen LogP contribution in [0.4, 0.5) is 4.79 Å². The summed E-state index contributed by atoms with van der Waals surface area (Å²) < 4.78 is 9.46. The van der Waals surface area contributed by atoms with Crippen LogP contribution in [0.2, 0.25) is 0 Å². The van der Waals surface area contributed by atoms with Crippen LogP contribution in [0.15, 0.2) is 12.2 Å². The molecule has 0 saturated heterocycles. The van der Waals surface area contributed by atoms with Crippen LogP contribution in [0.5, 0.6) is 0 Å². The molecule has 0 aromatic heterocycles. The number of ether oxygens (including phenoxy) is 2. The Hall–Kier alpha value is -1.07. The number of nitrogens with two attached hydrogens (primary N) is 1. The van der Waals surface area contributed by atoms with Crippen molar-refractivity contribution in [2.75, 3.05) is 6.61 Å². The molecule has 5 heteroatoms. The summed E-state index contributed by atoms with van der Waals surface area (Å²) in [6.07, 6.45) is 1.68. The van der Waals surface area contributed by atoms with Gasteiger partial charge in [-0.1, -0.05) is 12.2 Å². The predicted molar refractivity (Wildman–Crippen MR) is 40.2 cm³/mol. The molecule has 68 valence electrons. The Balaban J connectivity index is 2.57. The lowest BCUT2D eigenvalue weighted by atomic mass is 10.2. The van der Waals surface area contributed by atoms with Gasteiger partial charge in [0.05, 0.1) is 6.61 Å². The van der Waals surface area contributed by atoms with E-state index in [2.05, 4.69) is 4.74 Å². The summed E-state index contributed by atoms with van der Waals surface area (Å²) in [5, 5.41) is 9.49. The average Bonchev–Trinajstić information content (AvgIpc) is 2.32. The van der Waals surface area contributed by atoms with E-state index in [1.807, 2.05) is 0 Å². The van der Waals surface area contributed by atoms with Gasteiger partial charge in [-0.3, -0.25) is 0 Å². The van der Waals surface area contributed by atoms with Crippen LogP contribution in [0.1, 0.15) is 6.92 Å². The Bertz CT molecular complexity index is 211. The molecule has 3 N–H and O–H groups in total. The fraction of sp³-hybridized carbons (Fsp3) is 0.571. The number of hydrogen-bond acceptors (Lipinski definition) is 4. The molecule has 0 spiro atoms. The molecule has 0 aliphatic carbocycles. The number of carbonyl (C=O) groups is 1. The Morgan fingerprint density at radius 1 is 1.92 bits per heavy atom. The van der Waals surface area contributed by atoms with Crippen molar-refractivity contribution in [3.05, 3.63) is 12.2 Å². The highest BCUT2D eigenvalue weighted by Gasteiger charge is 2.36. The van der Waals surface area contributed by atoms with Crippen molar-refractivity contribution >= 4 is 6.09 Å². The van der Waals surface area contributed by atoms with E-state index in [9.17, 15) is 9.90 Å². The third-order valence-electron chi connectivity index (χ3n) is 1.52. The summed E-state index contributed by atoms with van der Waals surface area (Å²) in [5.74, 6) is -1.68. The SMILES string of the molecule is C[C@](O)(OC(N)=O)C1C=CCO1. The van der Waals surface area contributed by atoms with Crippen molar-refractivity contribution in [3.8, 4) is 0 Å². The van der Waals surface area contributed by atoms with Crippen LogP contribution >= 0.6 is 0 Å². The first-order valence-electron chi connectivity index (χ1n) is 3.51. The number of hydrogen-bond donors (Lipinski definition) is 2. The Labute approximate surface area is 69.8 Å². The maximum atomic E-state index is 10.3. The molecule has 1 heterocycles. The monoisotopic (exact) mass is 173 g/mol. The predicted octanol–water partition coefficient (Wildman–Crippen LogP) is -0.255. The maximum absolute atomic E-state index is 10.3. The largest absolute Gasteiger partial charge is 0.414 e. The molecule has 5 nitrogen and oxygen atoms in total. The van der Waals surface area contributed by atoms with Crippen LogP contribution in [0.25, 0.3) is 0 Å². The number of rotatable bonds is 2. The van der Waals surface area contributed by atoms with Gasteiger partial charge >= 0.3 is 6.09 Å². The highest BCUT2D eigenvalue weighted by Crippen LogP contribution is 2.19. The van der Waals surface area contributed by atoms with E-state index in [4.69, 9.17) is 10.5 Å². The molecule has 0 saturated carbocycles. The topological polar surface area (TPSA) is 81.8 Å². The van der Waals surface area contributed by atoms with Gasteiger partial charge in [0.15, 0.2) is 0 Å². The van der Waals surface area contributed by atoms with Gasteiger partial charge in [0.2, 0.25) is 5.79 Å².